The Bertz CT molecular complexity index is 623. The molecule has 0 radical (unpaired) electrons. The first-order valence-electron chi connectivity index (χ1n) is 5.84. The van der Waals surface area contributed by atoms with E-state index in [0.29, 0.717) is 17.2 Å². The maximum absolute atomic E-state index is 8.53. The van der Waals surface area contributed by atoms with E-state index < -0.39 is 0 Å². The second-order valence-electron chi connectivity index (χ2n) is 3.77. The third-order valence-corrected chi connectivity index (χ3v) is 3.40. The van der Waals surface area contributed by atoms with Crippen molar-refractivity contribution in [1.82, 2.24) is 10.2 Å². The van der Waals surface area contributed by atoms with Crippen LogP contribution in [0.2, 0.25) is 0 Å². The number of nitriles is 1. The highest BCUT2D eigenvalue weighted by molar-refractivity contribution is 7.99. The average Bonchev–Trinajstić information content (AvgIpc) is 2.52. The van der Waals surface area contributed by atoms with Crippen molar-refractivity contribution in [3.05, 3.63) is 30.3 Å². The van der Waals surface area contributed by atoms with E-state index in [-0.39, 0.29) is 0 Å². The topological polar surface area (TPSA) is 68.0 Å². The summed E-state index contributed by atoms with van der Waals surface area (Å²) in [6.07, 6.45) is 0. The molecule has 0 aliphatic heterocycles. The molecule has 0 saturated carbocycles. The van der Waals surface area contributed by atoms with Gasteiger partial charge in [0.25, 0.3) is 0 Å². The van der Waals surface area contributed by atoms with Crippen molar-refractivity contribution in [2.24, 2.45) is 0 Å². The van der Waals surface area contributed by atoms with Crippen LogP contribution in [0.3, 0.4) is 0 Å². The molecule has 1 heterocycles. The third-order valence-electron chi connectivity index (χ3n) is 2.61. The standard InChI is InChI=1S/C14H13N3O2S/c1-18-10-3-4-11(13(9-10)19-2)12-5-6-14(17-16-12)20-8-7-15/h3-6,9H,8H2,1-2H3. The molecular weight excluding hydrogens is 274 g/mol. The van der Waals surface area contributed by atoms with Crippen LogP contribution in [-0.4, -0.2) is 30.2 Å². The molecule has 102 valence electrons. The summed E-state index contributed by atoms with van der Waals surface area (Å²) in [6.45, 7) is 0. The monoisotopic (exact) mass is 287 g/mol. The zero-order valence-electron chi connectivity index (χ0n) is 11.2. The van der Waals surface area contributed by atoms with Gasteiger partial charge in [0.05, 0.1) is 31.7 Å². The Balaban J connectivity index is 2.29. The molecule has 0 atom stereocenters. The summed E-state index contributed by atoms with van der Waals surface area (Å²) in [6, 6.07) is 11.3. The third kappa shape index (κ3) is 3.19. The fourth-order valence-corrected chi connectivity index (χ4v) is 2.13. The number of hydrogen-bond donors (Lipinski definition) is 0. The Morgan fingerprint density at radius 3 is 2.60 bits per heavy atom. The lowest BCUT2D eigenvalue weighted by atomic mass is 10.1. The van der Waals surface area contributed by atoms with Crippen molar-refractivity contribution in [3.63, 3.8) is 0 Å². The summed E-state index contributed by atoms with van der Waals surface area (Å²) < 4.78 is 10.5. The van der Waals surface area contributed by atoms with E-state index in [4.69, 9.17) is 14.7 Å². The molecule has 0 spiro atoms. The normalized spacial score (nSPS) is 9.85. The molecule has 5 nitrogen and oxygen atoms in total. The van der Waals surface area contributed by atoms with Gasteiger partial charge in [0, 0.05) is 11.6 Å². The summed E-state index contributed by atoms with van der Waals surface area (Å²) in [4.78, 5) is 0. The molecule has 1 aromatic carbocycles. The molecule has 20 heavy (non-hydrogen) atoms. The molecule has 0 bridgehead atoms. The van der Waals surface area contributed by atoms with Gasteiger partial charge in [0.2, 0.25) is 0 Å². The van der Waals surface area contributed by atoms with Gasteiger partial charge >= 0.3 is 0 Å². The minimum Gasteiger partial charge on any atom is -0.497 e. The van der Waals surface area contributed by atoms with Crippen molar-refractivity contribution < 1.29 is 9.47 Å². The Labute approximate surface area is 121 Å². The lowest BCUT2D eigenvalue weighted by Gasteiger charge is -2.09. The van der Waals surface area contributed by atoms with Crippen LogP contribution in [-0.2, 0) is 0 Å². The smallest absolute Gasteiger partial charge is 0.132 e. The minimum atomic E-state index is 0.361. The summed E-state index contributed by atoms with van der Waals surface area (Å²) in [5, 5.41) is 17.5. The molecule has 0 saturated heterocycles. The Morgan fingerprint density at radius 1 is 1.15 bits per heavy atom. The summed E-state index contributed by atoms with van der Waals surface area (Å²) >= 11 is 1.35. The van der Waals surface area contributed by atoms with Gasteiger partial charge in [-0.3, -0.25) is 0 Å². The van der Waals surface area contributed by atoms with Gasteiger partial charge in [0.15, 0.2) is 0 Å². The number of benzene rings is 1. The number of hydrogen-bond acceptors (Lipinski definition) is 6. The van der Waals surface area contributed by atoms with Crippen molar-refractivity contribution in [2.75, 3.05) is 20.0 Å². The molecule has 0 aliphatic rings. The van der Waals surface area contributed by atoms with Gasteiger partial charge in [-0.2, -0.15) is 5.26 Å². The van der Waals surface area contributed by atoms with Crippen LogP contribution in [0.1, 0.15) is 0 Å². The Morgan fingerprint density at radius 2 is 2.00 bits per heavy atom. The maximum Gasteiger partial charge on any atom is 0.132 e. The van der Waals surface area contributed by atoms with E-state index in [1.165, 1.54) is 11.8 Å². The van der Waals surface area contributed by atoms with Gasteiger partial charge in [-0.15, -0.1) is 10.2 Å². The average molecular weight is 287 g/mol. The minimum absolute atomic E-state index is 0.361. The van der Waals surface area contributed by atoms with E-state index in [2.05, 4.69) is 16.3 Å². The SMILES string of the molecule is COc1ccc(-c2ccc(SCC#N)nn2)c(OC)c1. The Kier molecular flexibility index (Phi) is 4.80. The lowest BCUT2D eigenvalue weighted by molar-refractivity contribution is 0.395. The van der Waals surface area contributed by atoms with E-state index in [1.54, 1.807) is 20.3 Å². The van der Waals surface area contributed by atoms with Crippen LogP contribution in [0, 0.1) is 11.3 Å². The second kappa shape index (κ2) is 6.78. The van der Waals surface area contributed by atoms with E-state index in [0.717, 1.165) is 16.3 Å². The lowest BCUT2D eigenvalue weighted by Crippen LogP contribution is -1.94. The zero-order chi connectivity index (χ0) is 14.4. The maximum atomic E-state index is 8.53. The largest absolute Gasteiger partial charge is 0.497 e. The van der Waals surface area contributed by atoms with Crippen LogP contribution in [0.5, 0.6) is 11.5 Å². The van der Waals surface area contributed by atoms with Gasteiger partial charge in [-0.05, 0) is 24.3 Å². The Hall–Kier alpha value is -2.26. The van der Waals surface area contributed by atoms with Crippen LogP contribution in [0.25, 0.3) is 11.3 Å². The van der Waals surface area contributed by atoms with Crippen LogP contribution in [0.4, 0.5) is 0 Å². The van der Waals surface area contributed by atoms with Gasteiger partial charge in [-0.25, -0.2) is 0 Å². The van der Waals surface area contributed by atoms with Crippen LogP contribution in [0.15, 0.2) is 35.4 Å². The zero-order valence-corrected chi connectivity index (χ0v) is 12.0. The van der Waals surface area contributed by atoms with Gasteiger partial charge in [-0.1, -0.05) is 11.8 Å². The van der Waals surface area contributed by atoms with Crippen molar-refractivity contribution in [1.29, 1.82) is 5.26 Å². The van der Waals surface area contributed by atoms with E-state index in [9.17, 15) is 0 Å². The quantitative estimate of drug-likeness (QED) is 0.788. The van der Waals surface area contributed by atoms with Crippen LogP contribution < -0.4 is 9.47 Å². The number of nitrogens with zero attached hydrogens (tertiary/aromatic N) is 3. The van der Waals surface area contributed by atoms with E-state index >= 15 is 0 Å². The summed E-state index contributed by atoms with van der Waals surface area (Å²) in [7, 11) is 3.21. The van der Waals surface area contributed by atoms with Crippen molar-refractivity contribution >= 4 is 11.8 Å². The molecule has 0 fully saturated rings. The molecule has 0 N–H and O–H groups in total. The summed E-state index contributed by atoms with van der Waals surface area (Å²) in [5.41, 5.74) is 1.56. The molecule has 0 amide bonds. The molecular formula is C14H13N3O2S. The molecule has 2 aromatic rings. The van der Waals surface area contributed by atoms with Gasteiger partial charge < -0.3 is 9.47 Å². The van der Waals surface area contributed by atoms with Crippen molar-refractivity contribution in [3.8, 4) is 28.8 Å². The number of rotatable bonds is 5. The first kappa shape index (κ1) is 14.2. The predicted octanol–water partition coefficient (Wildman–Crippen LogP) is 2.78. The highest BCUT2D eigenvalue weighted by atomic mass is 32.2. The predicted molar refractivity (Wildman–Crippen MR) is 76.9 cm³/mol. The second-order valence-corrected chi connectivity index (χ2v) is 4.77. The van der Waals surface area contributed by atoms with Crippen molar-refractivity contribution in [2.45, 2.75) is 5.03 Å². The molecule has 1 aromatic heterocycles. The number of thioether (sulfide) groups is 1. The first-order valence-corrected chi connectivity index (χ1v) is 6.83. The van der Waals surface area contributed by atoms with Gasteiger partial charge in [0.1, 0.15) is 16.5 Å². The number of ether oxygens (including phenoxy) is 2. The molecule has 2 rings (SSSR count). The molecule has 0 aliphatic carbocycles. The fraction of sp³-hybridized carbons (Fsp3) is 0.214. The first-order chi connectivity index (χ1) is 9.78. The fourth-order valence-electron chi connectivity index (χ4n) is 1.66. The van der Waals surface area contributed by atoms with Crippen LogP contribution >= 0.6 is 11.8 Å². The molecule has 6 heteroatoms. The summed E-state index contributed by atoms with van der Waals surface area (Å²) in [5.74, 6) is 1.76. The number of aromatic nitrogens is 2. The van der Waals surface area contributed by atoms with E-state index in [1.807, 2.05) is 24.3 Å². The highest BCUT2D eigenvalue weighted by Gasteiger charge is 2.09. The highest BCUT2D eigenvalue weighted by Crippen LogP contribution is 2.32. The molecule has 0 unspecified atom stereocenters. The number of methoxy groups -OCH3 is 2.